The minimum absolute atomic E-state index is 0.195. The molecule has 7 nitrogen and oxygen atoms in total. The maximum atomic E-state index is 12.9. The van der Waals surface area contributed by atoms with Crippen molar-refractivity contribution in [2.24, 2.45) is 0 Å². The zero-order valence-corrected chi connectivity index (χ0v) is 19.0. The van der Waals surface area contributed by atoms with Crippen LogP contribution in [0.4, 0.5) is 11.4 Å². The first-order valence-corrected chi connectivity index (χ1v) is 11.6. The van der Waals surface area contributed by atoms with Crippen molar-refractivity contribution >= 4 is 38.9 Å². The number of halogens is 1. The van der Waals surface area contributed by atoms with Crippen LogP contribution < -0.4 is 19.1 Å². The van der Waals surface area contributed by atoms with Gasteiger partial charge in [0.05, 0.1) is 21.3 Å². The molecule has 0 spiro atoms. The summed E-state index contributed by atoms with van der Waals surface area (Å²) in [5, 5.41) is 3.07. The number of nitrogens with zero attached hydrogens (tertiary/aromatic N) is 1. The lowest BCUT2D eigenvalue weighted by Crippen LogP contribution is -2.26. The van der Waals surface area contributed by atoms with Crippen molar-refractivity contribution in [3.63, 3.8) is 0 Å². The number of rotatable bonds is 5. The molecule has 3 aromatic carbocycles. The third kappa shape index (κ3) is 4.37. The average molecular weight is 473 g/mol. The molecule has 0 saturated heterocycles. The van der Waals surface area contributed by atoms with Crippen molar-refractivity contribution in [3.8, 4) is 11.5 Å². The number of fused-ring (bicyclic) bond motifs is 1. The van der Waals surface area contributed by atoms with E-state index in [9.17, 15) is 13.2 Å². The van der Waals surface area contributed by atoms with Crippen molar-refractivity contribution in [3.05, 3.63) is 76.8 Å². The standard InChI is InChI=1S/C23H21ClN2O5S/c1-15-3-9-18(10-4-15)32(28,29)26(2)17-7-5-16(6-8-17)23(27)25-20-14-22-21(13-19(20)24)30-11-12-31-22/h3-10,13-14H,11-12H2,1-2H3,(H,25,27). The van der Waals surface area contributed by atoms with Crippen molar-refractivity contribution in [1.82, 2.24) is 0 Å². The second-order valence-electron chi connectivity index (χ2n) is 7.26. The van der Waals surface area contributed by atoms with Gasteiger partial charge in [-0.3, -0.25) is 9.10 Å². The van der Waals surface area contributed by atoms with Crippen molar-refractivity contribution in [1.29, 1.82) is 0 Å². The smallest absolute Gasteiger partial charge is 0.264 e. The van der Waals surface area contributed by atoms with Crippen LogP contribution in [0.1, 0.15) is 15.9 Å². The molecule has 1 aliphatic heterocycles. The zero-order valence-electron chi connectivity index (χ0n) is 17.5. The molecule has 32 heavy (non-hydrogen) atoms. The van der Waals surface area contributed by atoms with E-state index in [1.54, 1.807) is 60.7 Å². The Balaban J connectivity index is 1.51. The monoisotopic (exact) mass is 472 g/mol. The van der Waals surface area contributed by atoms with Crippen LogP contribution in [0.3, 0.4) is 0 Å². The number of hydrogen-bond acceptors (Lipinski definition) is 5. The number of aryl methyl sites for hydroxylation is 1. The molecule has 0 fully saturated rings. The summed E-state index contributed by atoms with van der Waals surface area (Å²) in [5.74, 6) is 0.648. The number of carbonyl (C=O) groups excluding carboxylic acids is 1. The van der Waals surface area contributed by atoms with E-state index in [2.05, 4.69) is 5.32 Å². The lowest BCUT2D eigenvalue weighted by atomic mass is 10.2. The third-order valence-corrected chi connectivity index (χ3v) is 7.17. The number of benzene rings is 3. The summed E-state index contributed by atoms with van der Waals surface area (Å²) in [7, 11) is -2.24. The minimum atomic E-state index is -3.72. The number of anilines is 2. The van der Waals surface area contributed by atoms with E-state index in [1.165, 1.54) is 11.4 Å². The van der Waals surface area contributed by atoms with Gasteiger partial charge in [-0.2, -0.15) is 0 Å². The van der Waals surface area contributed by atoms with Crippen LogP contribution in [0.5, 0.6) is 11.5 Å². The SMILES string of the molecule is Cc1ccc(S(=O)(=O)N(C)c2ccc(C(=O)Nc3cc4c(cc3Cl)OCCO4)cc2)cc1. The van der Waals surface area contributed by atoms with Crippen molar-refractivity contribution in [2.45, 2.75) is 11.8 Å². The second-order valence-corrected chi connectivity index (χ2v) is 9.64. The number of hydrogen-bond donors (Lipinski definition) is 1. The molecule has 0 radical (unpaired) electrons. The maximum Gasteiger partial charge on any atom is 0.264 e. The Kier molecular flexibility index (Phi) is 5.99. The molecule has 3 aromatic rings. The van der Waals surface area contributed by atoms with Gasteiger partial charge in [0.2, 0.25) is 0 Å². The fourth-order valence-electron chi connectivity index (χ4n) is 3.18. The van der Waals surface area contributed by atoms with Gasteiger partial charge < -0.3 is 14.8 Å². The van der Waals surface area contributed by atoms with Crippen LogP contribution in [0.25, 0.3) is 0 Å². The van der Waals surface area contributed by atoms with Crippen molar-refractivity contribution in [2.75, 3.05) is 29.9 Å². The van der Waals surface area contributed by atoms with E-state index >= 15 is 0 Å². The highest BCUT2D eigenvalue weighted by atomic mass is 35.5. The van der Waals surface area contributed by atoms with Crippen LogP contribution in [0, 0.1) is 6.92 Å². The highest BCUT2D eigenvalue weighted by molar-refractivity contribution is 7.92. The summed E-state index contributed by atoms with van der Waals surface area (Å²) in [4.78, 5) is 12.9. The molecule has 9 heteroatoms. The van der Waals surface area contributed by atoms with Crippen LogP contribution in [-0.4, -0.2) is 34.6 Å². The molecule has 0 saturated carbocycles. The van der Waals surface area contributed by atoms with Crippen LogP contribution >= 0.6 is 11.6 Å². The van der Waals surface area contributed by atoms with Gasteiger partial charge in [-0.25, -0.2) is 8.42 Å². The average Bonchev–Trinajstić information content (AvgIpc) is 2.79. The van der Waals surface area contributed by atoms with Crippen LogP contribution in [0.15, 0.2) is 65.6 Å². The maximum absolute atomic E-state index is 12.9. The third-order valence-electron chi connectivity index (χ3n) is 5.05. The topological polar surface area (TPSA) is 84.9 Å². The van der Waals surface area contributed by atoms with Gasteiger partial charge in [0, 0.05) is 24.7 Å². The molecule has 4 rings (SSSR count). The lowest BCUT2D eigenvalue weighted by molar-refractivity contribution is 0.102. The van der Waals surface area contributed by atoms with E-state index in [1.807, 2.05) is 6.92 Å². The quantitative estimate of drug-likeness (QED) is 0.591. The first-order chi connectivity index (χ1) is 15.3. The summed E-state index contributed by atoms with van der Waals surface area (Å²) < 4.78 is 37.9. The first kappa shape index (κ1) is 22.0. The normalized spacial score (nSPS) is 12.8. The predicted octanol–water partition coefficient (Wildman–Crippen LogP) is 4.50. The van der Waals surface area contributed by atoms with Crippen LogP contribution in [-0.2, 0) is 10.0 Å². The van der Waals surface area contributed by atoms with Crippen LogP contribution in [0.2, 0.25) is 5.02 Å². The Hall–Kier alpha value is -3.23. The van der Waals surface area contributed by atoms with Gasteiger partial charge in [0.25, 0.3) is 15.9 Å². The largest absolute Gasteiger partial charge is 0.486 e. The molecule has 1 amide bonds. The molecule has 0 atom stereocenters. The fourth-order valence-corrected chi connectivity index (χ4v) is 4.58. The Morgan fingerprint density at radius 3 is 2.19 bits per heavy atom. The number of nitrogens with one attached hydrogen (secondary N) is 1. The molecule has 1 heterocycles. The van der Waals surface area contributed by atoms with Gasteiger partial charge in [0.15, 0.2) is 11.5 Å². The molecular weight excluding hydrogens is 452 g/mol. The first-order valence-electron chi connectivity index (χ1n) is 9.82. The molecule has 0 unspecified atom stereocenters. The summed E-state index contributed by atoms with van der Waals surface area (Å²) in [5.41, 5.74) is 2.14. The molecule has 166 valence electrons. The predicted molar refractivity (Wildman–Crippen MR) is 124 cm³/mol. The lowest BCUT2D eigenvalue weighted by Gasteiger charge is -2.20. The molecule has 0 bridgehead atoms. The minimum Gasteiger partial charge on any atom is -0.486 e. The van der Waals surface area contributed by atoms with E-state index in [4.69, 9.17) is 21.1 Å². The highest BCUT2D eigenvalue weighted by Gasteiger charge is 2.22. The van der Waals surface area contributed by atoms with E-state index < -0.39 is 10.0 Å². The van der Waals surface area contributed by atoms with E-state index in [0.717, 1.165) is 5.56 Å². The molecular formula is C23H21ClN2O5S. The summed E-state index contributed by atoms with van der Waals surface area (Å²) in [6.07, 6.45) is 0. The van der Waals surface area contributed by atoms with E-state index in [0.29, 0.717) is 46.7 Å². The highest BCUT2D eigenvalue weighted by Crippen LogP contribution is 2.38. The molecule has 1 aliphatic rings. The number of sulfonamides is 1. The second kappa shape index (κ2) is 8.72. The molecule has 0 aliphatic carbocycles. The van der Waals surface area contributed by atoms with Crippen molar-refractivity contribution < 1.29 is 22.7 Å². The Morgan fingerprint density at radius 1 is 0.969 bits per heavy atom. The van der Waals surface area contributed by atoms with Gasteiger partial charge in [0.1, 0.15) is 13.2 Å². The fraction of sp³-hybridized carbons (Fsp3) is 0.174. The Labute approximate surface area is 191 Å². The number of amides is 1. The van der Waals surface area contributed by atoms with E-state index in [-0.39, 0.29) is 10.8 Å². The summed E-state index contributed by atoms with van der Waals surface area (Å²) >= 11 is 6.25. The molecule has 1 N–H and O–H groups in total. The van der Waals surface area contributed by atoms with Gasteiger partial charge in [-0.05, 0) is 43.3 Å². The Morgan fingerprint density at radius 2 is 1.56 bits per heavy atom. The summed E-state index contributed by atoms with van der Waals surface area (Å²) in [6.45, 7) is 2.75. The van der Waals surface area contributed by atoms with Gasteiger partial charge in [-0.1, -0.05) is 29.3 Å². The number of ether oxygens (including phenoxy) is 2. The summed E-state index contributed by atoms with van der Waals surface area (Å²) in [6, 6.07) is 16.1. The van der Waals surface area contributed by atoms with Gasteiger partial charge >= 0.3 is 0 Å². The van der Waals surface area contributed by atoms with Gasteiger partial charge in [-0.15, -0.1) is 0 Å². The Bertz CT molecular complexity index is 1260. The zero-order chi connectivity index (χ0) is 22.9. The molecule has 0 aromatic heterocycles. The number of carbonyl (C=O) groups is 1.